The number of thiazole rings is 1. The van der Waals surface area contributed by atoms with Crippen LogP contribution in [0.3, 0.4) is 0 Å². The van der Waals surface area contributed by atoms with E-state index in [1.165, 1.54) is 17.4 Å². The maximum absolute atomic E-state index is 13.8. The van der Waals surface area contributed by atoms with E-state index in [4.69, 9.17) is 0 Å². The van der Waals surface area contributed by atoms with E-state index >= 15 is 0 Å². The van der Waals surface area contributed by atoms with E-state index in [1.807, 2.05) is 0 Å². The zero-order valence-electron chi connectivity index (χ0n) is 11.5. The smallest absolute Gasteiger partial charge is 0.273 e. The summed E-state index contributed by atoms with van der Waals surface area (Å²) in [6.07, 6.45) is 0.941. The van der Waals surface area contributed by atoms with Gasteiger partial charge in [0.25, 0.3) is 5.91 Å². The van der Waals surface area contributed by atoms with Gasteiger partial charge < -0.3 is 10.2 Å². The van der Waals surface area contributed by atoms with E-state index in [2.05, 4.69) is 10.3 Å². The van der Waals surface area contributed by atoms with Crippen molar-refractivity contribution in [2.75, 3.05) is 26.2 Å². The Morgan fingerprint density at radius 3 is 3.00 bits per heavy atom. The Bertz CT molecular complexity index is 635. The molecule has 0 aliphatic carbocycles. The first-order valence-corrected chi connectivity index (χ1v) is 7.84. The normalized spacial score (nSPS) is 15.8. The van der Waals surface area contributed by atoms with Crippen molar-refractivity contribution in [1.29, 1.82) is 0 Å². The molecule has 4 nitrogen and oxygen atoms in total. The van der Waals surface area contributed by atoms with E-state index in [0.29, 0.717) is 22.8 Å². The number of hydrogen-bond donors (Lipinski definition) is 1. The SMILES string of the molecule is O=C(c1csc(-c2ccccc2F)n1)N1CCCNCC1. The number of hydrogen-bond acceptors (Lipinski definition) is 4. The van der Waals surface area contributed by atoms with E-state index in [-0.39, 0.29) is 11.7 Å². The molecule has 1 N–H and O–H groups in total. The topological polar surface area (TPSA) is 45.2 Å². The van der Waals surface area contributed by atoms with Crippen molar-refractivity contribution in [3.05, 3.63) is 41.2 Å². The van der Waals surface area contributed by atoms with Gasteiger partial charge in [-0.25, -0.2) is 9.37 Å². The number of halogens is 1. The van der Waals surface area contributed by atoms with E-state index in [0.717, 1.165) is 26.1 Å². The summed E-state index contributed by atoms with van der Waals surface area (Å²) in [6, 6.07) is 6.49. The molecule has 3 rings (SSSR count). The molecule has 1 aliphatic rings. The number of amides is 1. The molecule has 0 unspecified atom stereocenters. The summed E-state index contributed by atoms with van der Waals surface area (Å²) in [5.74, 6) is -0.387. The Morgan fingerprint density at radius 1 is 1.29 bits per heavy atom. The molecule has 0 saturated carbocycles. The summed E-state index contributed by atoms with van der Waals surface area (Å²) in [5.41, 5.74) is 0.847. The second kappa shape index (κ2) is 6.32. The van der Waals surface area contributed by atoms with Gasteiger partial charge in [0.2, 0.25) is 0 Å². The summed E-state index contributed by atoms with van der Waals surface area (Å²) >= 11 is 1.30. The summed E-state index contributed by atoms with van der Waals surface area (Å²) in [6.45, 7) is 3.15. The molecule has 1 fully saturated rings. The molecule has 6 heteroatoms. The Labute approximate surface area is 126 Å². The maximum atomic E-state index is 13.8. The van der Waals surface area contributed by atoms with Crippen LogP contribution in [0.4, 0.5) is 4.39 Å². The van der Waals surface area contributed by atoms with Crippen LogP contribution in [0.1, 0.15) is 16.9 Å². The molecule has 2 heterocycles. The van der Waals surface area contributed by atoms with Gasteiger partial charge in [-0.2, -0.15) is 0 Å². The van der Waals surface area contributed by atoms with Crippen LogP contribution >= 0.6 is 11.3 Å². The summed E-state index contributed by atoms with van der Waals surface area (Å²) in [7, 11) is 0. The zero-order chi connectivity index (χ0) is 14.7. The van der Waals surface area contributed by atoms with Crippen LogP contribution in [-0.2, 0) is 0 Å². The van der Waals surface area contributed by atoms with Crippen molar-refractivity contribution in [1.82, 2.24) is 15.2 Å². The number of carbonyl (C=O) groups excluding carboxylic acids is 1. The molecule has 21 heavy (non-hydrogen) atoms. The fourth-order valence-corrected chi connectivity index (χ4v) is 3.16. The number of nitrogens with zero attached hydrogens (tertiary/aromatic N) is 2. The fraction of sp³-hybridized carbons (Fsp3) is 0.333. The lowest BCUT2D eigenvalue weighted by Crippen LogP contribution is -2.34. The molecule has 0 radical (unpaired) electrons. The van der Waals surface area contributed by atoms with Crippen LogP contribution in [0, 0.1) is 5.82 Å². The Balaban J connectivity index is 1.81. The summed E-state index contributed by atoms with van der Waals surface area (Å²) in [4.78, 5) is 18.6. The molecule has 1 aromatic carbocycles. The Kier molecular flexibility index (Phi) is 4.26. The quantitative estimate of drug-likeness (QED) is 0.926. The third kappa shape index (κ3) is 3.11. The average Bonchev–Trinajstić information content (AvgIpc) is 2.82. The lowest BCUT2D eigenvalue weighted by Gasteiger charge is -2.18. The average molecular weight is 305 g/mol. The molecule has 0 bridgehead atoms. The maximum Gasteiger partial charge on any atom is 0.273 e. The summed E-state index contributed by atoms with van der Waals surface area (Å²) < 4.78 is 13.8. The van der Waals surface area contributed by atoms with Crippen LogP contribution in [0.2, 0.25) is 0 Å². The van der Waals surface area contributed by atoms with Crippen molar-refractivity contribution in [3.63, 3.8) is 0 Å². The van der Waals surface area contributed by atoms with Gasteiger partial charge in [-0.05, 0) is 25.1 Å². The highest BCUT2D eigenvalue weighted by Crippen LogP contribution is 2.26. The molecule has 1 aromatic heterocycles. The van der Waals surface area contributed by atoms with Crippen molar-refractivity contribution >= 4 is 17.2 Å². The van der Waals surface area contributed by atoms with Crippen molar-refractivity contribution < 1.29 is 9.18 Å². The fourth-order valence-electron chi connectivity index (χ4n) is 2.34. The Hall–Kier alpha value is -1.79. The molecule has 1 amide bonds. The third-order valence-electron chi connectivity index (χ3n) is 3.45. The molecule has 0 atom stereocenters. The van der Waals surface area contributed by atoms with E-state index < -0.39 is 0 Å². The largest absolute Gasteiger partial charge is 0.336 e. The Morgan fingerprint density at radius 2 is 2.14 bits per heavy atom. The van der Waals surface area contributed by atoms with Gasteiger partial charge in [0, 0.05) is 30.6 Å². The zero-order valence-corrected chi connectivity index (χ0v) is 12.3. The van der Waals surface area contributed by atoms with Crippen molar-refractivity contribution in [2.45, 2.75) is 6.42 Å². The number of benzene rings is 1. The van der Waals surface area contributed by atoms with Crippen LogP contribution in [-0.4, -0.2) is 42.0 Å². The molecule has 0 spiro atoms. The highest BCUT2D eigenvalue weighted by Gasteiger charge is 2.20. The molecule has 2 aromatic rings. The minimum absolute atomic E-state index is 0.0717. The van der Waals surface area contributed by atoms with Crippen LogP contribution in [0.5, 0.6) is 0 Å². The predicted molar refractivity (Wildman–Crippen MR) is 80.9 cm³/mol. The first-order valence-electron chi connectivity index (χ1n) is 6.96. The first kappa shape index (κ1) is 14.2. The molecule has 110 valence electrons. The third-order valence-corrected chi connectivity index (χ3v) is 4.33. The van der Waals surface area contributed by atoms with Gasteiger partial charge in [-0.3, -0.25) is 4.79 Å². The second-order valence-electron chi connectivity index (χ2n) is 4.91. The lowest BCUT2D eigenvalue weighted by molar-refractivity contribution is 0.0761. The van der Waals surface area contributed by atoms with Gasteiger partial charge >= 0.3 is 0 Å². The molecule has 1 aliphatic heterocycles. The summed E-state index contributed by atoms with van der Waals surface area (Å²) in [5, 5.41) is 5.52. The number of aromatic nitrogens is 1. The highest BCUT2D eigenvalue weighted by atomic mass is 32.1. The van der Waals surface area contributed by atoms with Gasteiger partial charge in [0.05, 0.1) is 0 Å². The minimum atomic E-state index is -0.315. The second-order valence-corrected chi connectivity index (χ2v) is 5.77. The van der Waals surface area contributed by atoms with Crippen LogP contribution in [0.15, 0.2) is 29.6 Å². The van der Waals surface area contributed by atoms with E-state index in [1.54, 1.807) is 28.5 Å². The van der Waals surface area contributed by atoms with Gasteiger partial charge in [0.15, 0.2) is 0 Å². The monoisotopic (exact) mass is 305 g/mol. The van der Waals surface area contributed by atoms with Crippen LogP contribution < -0.4 is 5.32 Å². The van der Waals surface area contributed by atoms with Gasteiger partial charge in [-0.15, -0.1) is 11.3 Å². The number of carbonyl (C=O) groups is 1. The molecular formula is C15H16FN3OS. The standard InChI is InChI=1S/C15H16FN3OS/c16-12-5-2-1-4-11(12)14-18-13(10-21-14)15(20)19-8-3-6-17-7-9-19/h1-2,4-5,10,17H,3,6-9H2. The van der Waals surface area contributed by atoms with E-state index in [9.17, 15) is 9.18 Å². The van der Waals surface area contributed by atoms with Gasteiger partial charge in [0.1, 0.15) is 16.5 Å². The minimum Gasteiger partial charge on any atom is -0.336 e. The number of rotatable bonds is 2. The first-order chi connectivity index (χ1) is 10.3. The number of nitrogens with one attached hydrogen (secondary N) is 1. The van der Waals surface area contributed by atoms with Crippen molar-refractivity contribution in [2.24, 2.45) is 0 Å². The molecular weight excluding hydrogens is 289 g/mol. The predicted octanol–water partition coefficient (Wildman–Crippen LogP) is 2.38. The van der Waals surface area contributed by atoms with Gasteiger partial charge in [-0.1, -0.05) is 12.1 Å². The lowest BCUT2D eigenvalue weighted by atomic mass is 10.2. The van der Waals surface area contributed by atoms with Crippen molar-refractivity contribution in [3.8, 4) is 10.6 Å². The highest BCUT2D eigenvalue weighted by molar-refractivity contribution is 7.13. The van der Waals surface area contributed by atoms with Crippen LogP contribution in [0.25, 0.3) is 10.6 Å². The molecule has 1 saturated heterocycles.